The van der Waals surface area contributed by atoms with Gasteiger partial charge in [-0.3, -0.25) is 9.78 Å². The first-order chi connectivity index (χ1) is 9.51. The van der Waals surface area contributed by atoms with Crippen molar-refractivity contribution in [3.05, 3.63) is 29.6 Å². The van der Waals surface area contributed by atoms with Crippen molar-refractivity contribution in [3.63, 3.8) is 0 Å². The van der Waals surface area contributed by atoms with Crippen molar-refractivity contribution in [3.8, 4) is 0 Å². The number of aromatic carboxylic acids is 1. The van der Waals surface area contributed by atoms with Crippen molar-refractivity contribution in [2.24, 2.45) is 5.73 Å². The molecule has 1 aromatic rings. The van der Waals surface area contributed by atoms with Crippen LogP contribution >= 0.6 is 0 Å². The maximum absolute atomic E-state index is 12.1. The van der Waals surface area contributed by atoms with Gasteiger partial charge in [-0.25, -0.2) is 4.79 Å². The summed E-state index contributed by atoms with van der Waals surface area (Å²) in [6.45, 7) is 0.193. The molecule has 1 amide bonds. The predicted molar refractivity (Wildman–Crippen MR) is 73.0 cm³/mol. The normalized spacial score (nSPS) is 17.4. The summed E-state index contributed by atoms with van der Waals surface area (Å²) in [6.07, 6.45) is 5.87. The number of rotatable bonds is 4. The molecule has 1 saturated carbocycles. The van der Waals surface area contributed by atoms with Crippen molar-refractivity contribution >= 4 is 11.9 Å². The highest BCUT2D eigenvalue weighted by Gasteiger charge is 2.34. The van der Waals surface area contributed by atoms with Crippen LogP contribution in [0.15, 0.2) is 18.3 Å². The first-order valence-corrected chi connectivity index (χ1v) is 6.77. The summed E-state index contributed by atoms with van der Waals surface area (Å²) >= 11 is 0. The quantitative estimate of drug-likeness (QED) is 0.763. The lowest BCUT2D eigenvalue weighted by molar-refractivity contribution is -0.127. The Hall–Kier alpha value is -1.95. The Bertz CT molecular complexity index is 510. The zero-order valence-electron chi connectivity index (χ0n) is 11.3. The third-order valence-corrected chi connectivity index (χ3v) is 3.69. The van der Waals surface area contributed by atoms with Crippen LogP contribution in [0.5, 0.6) is 0 Å². The molecule has 0 unspecified atom stereocenters. The molecule has 6 nitrogen and oxygen atoms in total. The summed E-state index contributed by atoms with van der Waals surface area (Å²) in [5, 5.41) is 11.7. The zero-order chi connectivity index (χ0) is 14.6. The highest BCUT2D eigenvalue weighted by Crippen LogP contribution is 2.25. The maximum Gasteiger partial charge on any atom is 0.335 e. The van der Waals surface area contributed by atoms with Crippen LogP contribution in [0.25, 0.3) is 0 Å². The lowest BCUT2D eigenvalue weighted by Crippen LogP contribution is -2.54. The molecule has 1 heterocycles. The average molecular weight is 277 g/mol. The van der Waals surface area contributed by atoms with Crippen LogP contribution < -0.4 is 11.1 Å². The molecule has 0 aliphatic heterocycles. The molecule has 1 aromatic heterocycles. The van der Waals surface area contributed by atoms with Gasteiger partial charge in [0.15, 0.2) is 0 Å². The van der Waals surface area contributed by atoms with Gasteiger partial charge in [-0.15, -0.1) is 0 Å². The van der Waals surface area contributed by atoms with Crippen molar-refractivity contribution < 1.29 is 14.7 Å². The second-order valence-corrected chi connectivity index (χ2v) is 5.24. The smallest absolute Gasteiger partial charge is 0.335 e. The van der Waals surface area contributed by atoms with Crippen LogP contribution in [0.2, 0.25) is 0 Å². The number of nitrogens with one attached hydrogen (secondary N) is 1. The number of pyridine rings is 1. The minimum absolute atomic E-state index is 0.157. The number of carbonyl (C=O) groups excluding carboxylic acids is 1. The Kier molecular flexibility index (Phi) is 4.34. The van der Waals surface area contributed by atoms with Gasteiger partial charge in [0.2, 0.25) is 5.91 Å². The SMILES string of the molecule is NC1(C(=O)NCc2cc(C(=O)O)ccn2)CCCCC1. The number of hydrogen-bond acceptors (Lipinski definition) is 4. The van der Waals surface area contributed by atoms with E-state index in [1.54, 1.807) is 0 Å². The predicted octanol–water partition coefficient (Wildman–Crippen LogP) is 1.06. The highest BCUT2D eigenvalue weighted by molar-refractivity contribution is 5.88. The fourth-order valence-electron chi connectivity index (χ4n) is 2.46. The molecule has 0 bridgehead atoms. The molecule has 1 aliphatic carbocycles. The van der Waals surface area contributed by atoms with E-state index >= 15 is 0 Å². The van der Waals surface area contributed by atoms with Gasteiger partial charge in [0.05, 0.1) is 23.3 Å². The summed E-state index contributed by atoms with van der Waals surface area (Å²) in [7, 11) is 0. The fraction of sp³-hybridized carbons (Fsp3) is 0.500. The van der Waals surface area contributed by atoms with Crippen molar-refractivity contribution in [2.45, 2.75) is 44.2 Å². The van der Waals surface area contributed by atoms with E-state index in [1.165, 1.54) is 18.3 Å². The Labute approximate surface area is 117 Å². The number of nitrogens with zero attached hydrogens (tertiary/aromatic N) is 1. The van der Waals surface area contributed by atoms with Gasteiger partial charge in [-0.2, -0.15) is 0 Å². The van der Waals surface area contributed by atoms with Crippen LogP contribution in [0.4, 0.5) is 0 Å². The van der Waals surface area contributed by atoms with Crippen LogP contribution in [0, 0.1) is 0 Å². The number of carboxylic acid groups (broad SMARTS) is 1. The third kappa shape index (κ3) is 3.33. The molecule has 4 N–H and O–H groups in total. The molecule has 0 radical (unpaired) electrons. The molecule has 2 rings (SSSR count). The molecule has 108 valence electrons. The zero-order valence-corrected chi connectivity index (χ0v) is 11.3. The summed E-state index contributed by atoms with van der Waals surface area (Å²) in [6, 6.07) is 2.87. The first kappa shape index (κ1) is 14.5. The molecule has 0 spiro atoms. The molecule has 0 saturated heterocycles. The van der Waals surface area contributed by atoms with Gasteiger partial charge in [0.1, 0.15) is 0 Å². The Morgan fingerprint density at radius 2 is 2.05 bits per heavy atom. The van der Waals surface area contributed by atoms with E-state index in [0.29, 0.717) is 18.5 Å². The Morgan fingerprint density at radius 1 is 1.35 bits per heavy atom. The monoisotopic (exact) mass is 277 g/mol. The van der Waals surface area contributed by atoms with Crippen LogP contribution in [-0.4, -0.2) is 27.5 Å². The molecule has 0 atom stereocenters. The lowest BCUT2D eigenvalue weighted by atomic mass is 9.82. The molecule has 20 heavy (non-hydrogen) atoms. The topological polar surface area (TPSA) is 105 Å². The van der Waals surface area contributed by atoms with Gasteiger partial charge in [0.25, 0.3) is 0 Å². The van der Waals surface area contributed by atoms with E-state index < -0.39 is 11.5 Å². The largest absolute Gasteiger partial charge is 0.478 e. The maximum atomic E-state index is 12.1. The van der Waals surface area contributed by atoms with Crippen molar-refractivity contribution in [1.82, 2.24) is 10.3 Å². The second-order valence-electron chi connectivity index (χ2n) is 5.24. The van der Waals surface area contributed by atoms with Gasteiger partial charge in [-0.05, 0) is 25.0 Å². The highest BCUT2D eigenvalue weighted by atomic mass is 16.4. The summed E-state index contributed by atoms with van der Waals surface area (Å²) in [5.74, 6) is -1.19. The summed E-state index contributed by atoms with van der Waals surface area (Å²) in [4.78, 5) is 27.0. The fourth-order valence-corrected chi connectivity index (χ4v) is 2.46. The van der Waals surface area contributed by atoms with Crippen LogP contribution in [0.1, 0.15) is 48.2 Å². The van der Waals surface area contributed by atoms with Gasteiger partial charge in [0, 0.05) is 6.20 Å². The van der Waals surface area contributed by atoms with Gasteiger partial charge < -0.3 is 16.2 Å². The minimum atomic E-state index is -1.01. The standard InChI is InChI=1S/C14H19N3O3/c15-14(5-2-1-3-6-14)13(20)17-9-11-8-10(12(18)19)4-7-16-11/h4,7-8H,1-3,5-6,9,15H2,(H,17,20)(H,18,19). The van der Waals surface area contributed by atoms with E-state index in [9.17, 15) is 9.59 Å². The van der Waals surface area contributed by atoms with E-state index in [2.05, 4.69) is 10.3 Å². The number of carbonyl (C=O) groups is 2. The summed E-state index contributed by atoms with van der Waals surface area (Å²) < 4.78 is 0. The lowest BCUT2D eigenvalue weighted by Gasteiger charge is -2.31. The Balaban J connectivity index is 1.96. The number of carboxylic acids is 1. The van der Waals surface area contributed by atoms with Crippen molar-refractivity contribution in [1.29, 1.82) is 0 Å². The Morgan fingerprint density at radius 3 is 2.70 bits per heavy atom. The van der Waals surface area contributed by atoms with E-state index in [1.807, 2.05) is 0 Å². The number of aromatic nitrogens is 1. The average Bonchev–Trinajstić information content (AvgIpc) is 2.45. The van der Waals surface area contributed by atoms with Crippen molar-refractivity contribution in [2.75, 3.05) is 0 Å². The van der Waals surface area contributed by atoms with Crippen LogP contribution in [-0.2, 0) is 11.3 Å². The molecule has 1 fully saturated rings. The third-order valence-electron chi connectivity index (χ3n) is 3.69. The molecule has 1 aliphatic rings. The number of nitrogens with two attached hydrogens (primary N) is 1. The number of amides is 1. The van der Waals surface area contributed by atoms with Gasteiger partial charge >= 0.3 is 5.97 Å². The minimum Gasteiger partial charge on any atom is -0.478 e. The van der Waals surface area contributed by atoms with E-state index in [-0.39, 0.29) is 18.0 Å². The van der Waals surface area contributed by atoms with Gasteiger partial charge in [-0.1, -0.05) is 19.3 Å². The van der Waals surface area contributed by atoms with E-state index in [0.717, 1.165) is 19.3 Å². The van der Waals surface area contributed by atoms with Crippen LogP contribution in [0.3, 0.4) is 0 Å². The van der Waals surface area contributed by atoms with E-state index in [4.69, 9.17) is 10.8 Å². The summed E-state index contributed by atoms with van der Waals surface area (Å²) in [5.41, 5.74) is 6.00. The second kappa shape index (κ2) is 6.00. The molecular weight excluding hydrogens is 258 g/mol. The number of hydrogen-bond donors (Lipinski definition) is 3. The molecule has 6 heteroatoms. The first-order valence-electron chi connectivity index (χ1n) is 6.77. The molecular formula is C14H19N3O3. The molecule has 0 aromatic carbocycles.